The van der Waals surface area contributed by atoms with Crippen LogP contribution in [-0.4, -0.2) is 15.1 Å². The van der Waals surface area contributed by atoms with E-state index in [1.54, 1.807) is 12.3 Å². The third-order valence-corrected chi connectivity index (χ3v) is 2.95. The van der Waals surface area contributed by atoms with Gasteiger partial charge in [-0.25, -0.2) is 9.97 Å². The Morgan fingerprint density at radius 3 is 2.36 bits per heavy atom. The lowest BCUT2D eigenvalue weighted by Crippen LogP contribution is -1.99. The number of hydrogen-bond donors (Lipinski definition) is 2. The van der Waals surface area contributed by atoms with E-state index in [9.17, 15) is 0 Å². The quantitative estimate of drug-likeness (QED) is 0.753. The highest BCUT2D eigenvalue weighted by Gasteiger charge is 2.00. The molecule has 1 aromatic heterocycles. The maximum Gasteiger partial charge on any atom is 0.156 e. The summed E-state index contributed by atoms with van der Waals surface area (Å²) in [4.78, 5) is 8.11. The lowest BCUT2D eigenvalue weighted by molar-refractivity contribution is 0.271. The van der Waals surface area contributed by atoms with E-state index >= 15 is 0 Å². The molecule has 5 heteroatoms. The zero-order valence-corrected chi connectivity index (χ0v) is 11.8. The van der Waals surface area contributed by atoms with Crippen molar-refractivity contribution in [2.75, 3.05) is 5.32 Å². The fourth-order valence-electron chi connectivity index (χ4n) is 1.92. The monoisotopic (exact) mass is 293 g/mol. The predicted molar refractivity (Wildman–Crippen MR) is 84.2 cm³/mol. The van der Waals surface area contributed by atoms with Gasteiger partial charge in [-0.3, -0.25) is 0 Å². The van der Waals surface area contributed by atoms with Crippen molar-refractivity contribution < 1.29 is 9.84 Å². The van der Waals surface area contributed by atoms with Crippen molar-refractivity contribution in [2.45, 2.75) is 6.61 Å². The molecule has 0 aliphatic carbocycles. The second-order valence-corrected chi connectivity index (χ2v) is 4.58. The Balaban J connectivity index is 1.68. The zero-order valence-electron chi connectivity index (χ0n) is 11.8. The number of nitrogens with one attached hydrogen (secondary N) is 1. The first kappa shape index (κ1) is 14.0. The highest BCUT2D eigenvalue weighted by molar-refractivity contribution is 5.57. The predicted octanol–water partition coefficient (Wildman–Crippen LogP) is 3.50. The Labute approximate surface area is 128 Å². The summed E-state index contributed by atoms with van der Waals surface area (Å²) in [5.41, 5.74) is 0.878. The summed E-state index contributed by atoms with van der Waals surface area (Å²) in [6.45, 7) is -0.181. The fraction of sp³-hybridized carbons (Fsp3) is 0.0588. The Morgan fingerprint density at radius 2 is 1.64 bits per heavy atom. The van der Waals surface area contributed by atoms with Crippen molar-refractivity contribution in [3.8, 4) is 11.5 Å². The van der Waals surface area contributed by atoms with E-state index in [2.05, 4.69) is 15.3 Å². The van der Waals surface area contributed by atoms with Gasteiger partial charge >= 0.3 is 0 Å². The van der Waals surface area contributed by atoms with E-state index in [0.717, 1.165) is 17.2 Å². The zero-order chi connectivity index (χ0) is 15.2. The maximum absolute atomic E-state index is 9.04. The topological polar surface area (TPSA) is 67.3 Å². The van der Waals surface area contributed by atoms with Gasteiger partial charge in [-0.15, -0.1) is 0 Å². The summed E-state index contributed by atoms with van der Waals surface area (Å²) in [6.07, 6.45) is 1.60. The summed E-state index contributed by atoms with van der Waals surface area (Å²) in [5.74, 6) is 2.58. The Bertz CT molecular complexity index is 730. The van der Waals surface area contributed by atoms with E-state index in [4.69, 9.17) is 9.84 Å². The standard InChI is InChI=1S/C17H15N3O2/c21-12-17-18-11-10-16(20-17)19-13-6-8-15(9-7-13)22-14-4-2-1-3-5-14/h1-11,21H,12H2,(H,18,19,20). The number of aromatic nitrogens is 2. The lowest BCUT2D eigenvalue weighted by atomic mass is 10.3. The van der Waals surface area contributed by atoms with Gasteiger partial charge in [0, 0.05) is 11.9 Å². The van der Waals surface area contributed by atoms with Crippen LogP contribution in [0.15, 0.2) is 66.9 Å². The van der Waals surface area contributed by atoms with Crippen LogP contribution < -0.4 is 10.1 Å². The molecule has 3 aromatic rings. The van der Waals surface area contributed by atoms with Crippen molar-refractivity contribution in [3.63, 3.8) is 0 Å². The second-order valence-electron chi connectivity index (χ2n) is 4.58. The molecule has 0 saturated heterocycles. The van der Waals surface area contributed by atoms with Gasteiger partial charge in [-0.05, 0) is 42.5 Å². The van der Waals surface area contributed by atoms with Gasteiger partial charge < -0.3 is 15.2 Å². The molecular weight excluding hydrogens is 278 g/mol. The first-order valence-electron chi connectivity index (χ1n) is 6.86. The minimum Gasteiger partial charge on any atom is -0.457 e. The number of nitrogens with zero attached hydrogens (tertiary/aromatic N) is 2. The van der Waals surface area contributed by atoms with Crippen LogP contribution in [0.3, 0.4) is 0 Å². The smallest absolute Gasteiger partial charge is 0.156 e. The normalized spacial score (nSPS) is 10.2. The summed E-state index contributed by atoms with van der Waals surface area (Å²) < 4.78 is 5.73. The molecule has 110 valence electrons. The molecule has 0 fully saturated rings. The van der Waals surface area contributed by atoms with Crippen LogP contribution in [0, 0.1) is 0 Å². The van der Waals surface area contributed by atoms with Crippen molar-refractivity contribution in [3.05, 3.63) is 72.7 Å². The van der Waals surface area contributed by atoms with Gasteiger partial charge in [0.25, 0.3) is 0 Å². The molecule has 0 saturated carbocycles. The third kappa shape index (κ3) is 3.59. The molecule has 2 aromatic carbocycles. The second kappa shape index (κ2) is 6.69. The van der Waals surface area contributed by atoms with Gasteiger partial charge in [-0.2, -0.15) is 0 Å². The molecule has 22 heavy (non-hydrogen) atoms. The molecule has 1 heterocycles. The Morgan fingerprint density at radius 1 is 0.909 bits per heavy atom. The number of aliphatic hydroxyl groups excluding tert-OH is 1. The maximum atomic E-state index is 9.04. The summed E-state index contributed by atoms with van der Waals surface area (Å²) in [7, 11) is 0. The van der Waals surface area contributed by atoms with Crippen LogP contribution in [-0.2, 0) is 6.61 Å². The molecule has 5 nitrogen and oxygen atoms in total. The van der Waals surface area contributed by atoms with Crippen molar-refractivity contribution in [1.29, 1.82) is 0 Å². The average Bonchev–Trinajstić information content (AvgIpc) is 2.58. The van der Waals surface area contributed by atoms with Crippen molar-refractivity contribution in [1.82, 2.24) is 9.97 Å². The first-order chi connectivity index (χ1) is 10.8. The van der Waals surface area contributed by atoms with Crippen LogP contribution >= 0.6 is 0 Å². The minimum absolute atomic E-state index is 0.181. The van der Waals surface area contributed by atoms with E-state index in [1.165, 1.54) is 0 Å². The molecular formula is C17H15N3O2. The molecule has 0 radical (unpaired) electrons. The molecule has 3 rings (SSSR count). The van der Waals surface area contributed by atoms with Gasteiger partial charge in [0.15, 0.2) is 5.82 Å². The van der Waals surface area contributed by atoms with E-state index < -0.39 is 0 Å². The first-order valence-corrected chi connectivity index (χ1v) is 6.86. The van der Waals surface area contributed by atoms with Crippen molar-refractivity contribution in [2.24, 2.45) is 0 Å². The molecule has 0 aliphatic heterocycles. The van der Waals surface area contributed by atoms with Crippen LogP contribution in [0.25, 0.3) is 0 Å². The van der Waals surface area contributed by atoms with Gasteiger partial charge in [0.1, 0.15) is 23.9 Å². The van der Waals surface area contributed by atoms with Crippen LogP contribution in [0.4, 0.5) is 11.5 Å². The van der Waals surface area contributed by atoms with E-state index in [1.807, 2.05) is 54.6 Å². The minimum atomic E-state index is -0.181. The number of ether oxygens (including phenoxy) is 1. The third-order valence-electron chi connectivity index (χ3n) is 2.95. The molecule has 2 N–H and O–H groups in total. The summed E-state index contributed by atoms with van der Waals surface area (Å²) in [5, 5.41) is 12.2. The number of hydrogen-bond acceptors (Lipinski definition) is 5. The van der Waals surface area contributed by atoms with E-state index in [-0.39, 0.29) is 6.61 Å². The number of rotatable bonds is 5. The van der Waals surface area contributed by atoms with Gasteiger partial charge in [0.2, 0.25) is 0 Å². The number of para-hydroxylation sites is 1. The number of anilines is 2. The largest absolute Gasteiger partial charge is 0.457 e. The SMILES string of the molecule is OCc1nccc(Nc2ccc(Oc3ccccc3)cc2)n1. The van der Waals surface area contributed by atoms with Crippen LogP contribution in [0.1, 0.15) is 5.82 Å². The summed E-state index contributed by atoms with van der Waals surface area (Å²) >= 11 is 0. The van der Waals surface area contributed by atoms with E-state index in [0.29, 0.717) is 11.6 Å². The fourth-order valence-corrected chi connectivity index (χ4v) is 1.92. The lowest BCUT2D eigenvalue weighted by Gasteiger charge is -2.08. The summed E-state index contributed by atoms with van der Waals surface area (Å²) in [6, 6.07) is 18.9. The molecule has 0 unspecified atom stereocenters. The average molecular weight is 293 g/mol. The van der Waals surface area contributed by atoms with Gasteiger partial charge in [0.05, 0.1) is 0 Å². The highest BCUT2D eigenvalue weighted by Crippen LogP contribution is 2.23. The van der Waals surface area contributed by atoms with Gasteiger partial charge in [-0.1, -0.05) is 18.2 Å². The number of aliphatic hydroxyl groups is 1. The Kier molecular flexibility index (Phi) is 4.27. The van der Waals surface area contributed by atoms with Crippen LogP contribution in [0.5, 0.6) is 11.5 Å². The number of benzene rings is 2. The highest BCUT2D eigenvalue weighted by atomic mass is 16.5. The molecule has 0 atom stereocenters. The molecule has 0 aliphatic rings. The molecule has 0 spiro atoms. The van der Waals surface area contributed by atoms with Crippen molar-refractivity contribution >= 4 is 11.5 Å². The van der Waals surface area contributed by atoms with Crippen LogP contribution in [0.2, 0.25) is 0 Å². The Hall–Kier alpha value is -2.92. The molecule has 0 amide bonds. The molecule has 0 bridgehead atoms.